The average Bonchev–Trinajstić information content (AvgIpc) is 2.56. The molecule has 23 heavy (non-hydrogen) atoms. The molecule has 2 aromatic rings. The summed E-state index contributed by atoms with van der Waals surface area (Å²) in [6.45, 7) is 2.65. The highest BCUT2D eigenvalue weighted by Gasteiger charge is 2.31. The van der Waals surface area contributed by atoms with Crippen molar-refractivity contribution in [3.8, 4) is 16.9 Å². The van der Waals surface area contributed by atoms with Crippen LogP contribution in [0.2, 0.25) is 0 Å². The van der Waals surface area contributed by atoms with Gasteiger partial charge in [0.2, 0.25) is 0 Å². The van der Waals surface area contributed by atoms with Gasteiger partial charge in [-0.3, -0.25) is 4.79 Å². The van der Waals surface area contributed by atoms with Crippen LogP contribution in [-0.4, -0.2) is 24.8 Å². The fourth-order valence-electron chi connectivity index (χ4n) is 3.82. The van der Waals surface area contributed by atoms with Crippen LogP contribution in [0.15, 0.2) is 35.1 Å². The molecule has 0 spiro atoms. The molecule has 1 aromatic carbocycles. The number of aromatic nitrogens is 1. The normalized spacial score (nSPS) is 22.5. The molecule has 1 saturated heterocycles. The zero-order chi connectivity index (χ0) is 16.0. The van der Waals surface area contributed by atoms with E-state index < -0.39 is 5.82 Å². The number of methoxy groups -OCH3 is 1. The highest BCUT2D eigenvalue weighted by atomic mass is 19.1. The number of nitrogens with one attached hydrogen (secondary N) is 1. The van der Waals surface area contributed by atoms with Crippen molar-refractivity contribution in [1.29, 1.82) is 0 Å². The SMILES string of the molecule is COc1ccc(-c2cc3n(c(=O)c2)C[C@@H]2CNC[C@H]3C2)cc1F. The Morgan fingerprint density at radius 1 is 1.22 bits per heavy atom. The molecule has 4 rings (SSSR count). The molecule has 1 aromatic heterocycles. The molecule has 0 unspecified atom stereocenters. The molecule has 0 radical (unpaired) electrons. The van der Waals surface area contributed by atoms with Crippen molar-refractivity contribution in [2.45, 2.75) is 18.9 Å². The number of halogens is 1. The minimum absolute atomic E-state index is 0.00493. The second kappa shape index (κ2) is 5.49. The minimum Gasteiger partial charge on any atom is -0.494 e. The third-order valence-electron chi connectivity index (χ3n) is 4.95. The summed E-state index contributed by atoms with van der Waals surface area (Å²) in [5.74, 6) is 0.687. The van der Waals surface area contributed by atoms with Crippen LogP contribution in [0.5, 0.6) is 5.75 Å². The molecule has 0 amide bonds. The van der Waals surface area contributed by atoms with Crippen molar-refractivity contribution in [3.63, 3.8) is 0 Å². The number of nitrogens with zero attached hydrogens (tertiary/aromatic N) is 1. The number of benzene rings is 1. The first-order chi connectivity index (χ1) is 11.2. The van der Waals surface area contributed by atoms with E-state index in [0.29, 0.717) is 17.4 Å². The Kier molecular flexibility index (Phi) is 3.45. The lowest BCUT2D eigenvalue weighted by atomic mass is 9.83. The Morgan fingerprint density at radius 2 is 2.09 bits per heavy atom. The first-order valence-corrected chi connectivity index (χ1v) is 7.95. The van der Waals surface area contributed by atoms with Gasteiger partial charge in [0.25, 0.3) is 5.56 Å². The van der Waals surface area contributed by atoms with Crippen molar-refractivity contribution in [2.75, 3.05) is 20.2 Å². The van der Waals surface area contributed by atoms with Crippen LogP contribution in [-0.2, 0) is 6.54 Å². The van der Waals surface area contributed by atoms with E-state index in [1.54, 1.807) is 18.2 Å². The van der Waals surface area contributed by atoms with Gasteiger partial charge in [-0.1, -0.05) is 6.07 Å². The van der Waals surface area contributed by atoms with Gasteiger partial charge in [-0.15, -0.1) is 0 Å². The zero-order valence-electron chi connectivity index (χ0n) is 13.0. The lowest BCUT2D eigenvalue weighted by Crippen LogP contribution is -2.44. The quantitative estimate of drug-likeness (QED) is 0.925. The highest BCUT2D eigenvalue weighted by Crippen LogP contribution is 2.34. The summed E-state index contributed by atoms with van der Waals surface area (Å²) in [4.78, 5) is 12.5. The Bertz CT molecular complexity index is 815. The van der Waals surface area contributed by atoms with Crippen LogP contribution in [0.3, 0.4) is 0 Å². The monoisotopic (exact) mass is 314 g/mol. The molecule has 1 N–H and O–H groups in total. The predicted molar refractivity (Wildman–Crippen MR) is 86.4 cm³/mol. The lowest BCUT2D eigenvalue weighted by molar-refractivity contribution is 0.257. The summed E-state index contributed by atoms with van der Waals surface area (Å²) in [6, 6.07) is 8.46. The summed E-state index contributed by atoms with van der Waals surface area (Å²) in [6.07, 6.45) is 1.12. The molecule has 0 saturated carbocycles. The topological polar surface area (TPSA) is 43.3 Å². The van der Waals surface area contributed by atoms with Crippen molar-refractivity contribution in [2.24, 2.45) is 5.92 Å². The largest absolute Gasteiger partial charge is 0.494 e. The van der Waals surface area contributed by atoms with E-state index >= 15 is 0 Å². The van der Waals surface area contributed by atoms with Crippen molar-refractivity contribution >= 4 is 0 Å². The third-order valence-corrected chi connectivity index (χ3v) is 4.95. The molecule has 3 heterocycles. The summed E-state index contributed by atoms with van der Waals surface area (Å²) >= 11 is 0. The first-order valence-electron chi connectivity index (χ1n) is 7.95. The Morgan fingerprint density at radius 3 is 2.87 bits per heavy atom. The van der Waals surface area contributed by atoms with Crippen LogP contribution in [0, 0.1) is 11.7 Å². The maximum atomic E-state index is 14.0. The van der Waals surface area contributed by atoms with E-state index in [4.69, 9.17) is 4.74 Å². The van der Waals surface area contributed by atoms with E-state index in [0.717, 1.165) is 37.3 Å². The van der Waals surface area contributed by atoms with E-state index in [1.807, 2.05) is 10.6 Å². The van der Waals surface area contributed by atoms with Gasteiger partial charge in [-0.2, -0.15) is 0 Å². The summed E-state index contributed by atoms with van der Waals surface area (Å²) in [5.41, 5.74) is 2.54. The summed E-state index contributed by atoms with van der Waals surface area (Å²) < 4.78 is 20.8. The molecule has 4 nitrogen and oxygen atoms in total. The molecule has 2 atom stereocenters. The van der Waals surface area contributed by atoms with Crippen molar-refractivity contribution in [1.82, 2.24) is 9.88 Å². The van der Waals surface area contributed by atoms with E-state index in [-0.39, 0.29) is 11.3 Å². The van der Waals surface area contributed by atoms with Crippen LogP contribution >= 0.6 is 0 Å². The fourth-order valence-corrected chi connectivity index (χ4v) is 3.82. The van der Waals surface area contributed by atoms with Crippen LogP contribution < -0.4 is 15.6 Å². The average molecular weight is 314 g/mol. The molecule has 120 valence electrons. The number of ether oxygens (including phenoxy) is 1. The number of hydrogen-bond donors (Lipinski definition) is 1. The van der Waals surface area contributed by atoms with Gasteiger partial charge in [0.05, 0.1) is 7.11 Å². The van der Waals surface area contributed by atoms with Gasteiger partial charge in [0, 0.05) is 30.8 Å². The standard InChI is InChI=1S/C18H19FN2O2/c1-23-17-3-2-12(5-15(17)19)13-6-16-14-4-11(8-20-9-14)10-21(16)18(22)7-13/h2-3,5-7,11,14,20H,4,8-10H2,1H3/t11-,14+/m0/s1. The summed E-state index contributed by atoms with van der Waals surface area (Å²) in [5, 5.41) is 3.44. The molecule has 2 bridgehead atoms. The van der Waals surface area contributed by atoms with Gasteiger partial charge in [-0.05, 0) is 48.2 Å². The van der Waals surface area contributed by atoms with E-state index in [9.17, 15) is 9.18 Å². The number of hydrogen-bond acceptors (Lipinski definition) is 3. The Balaban J connectivity index is 1.81. The van der Waals surface area contributed by atoms with E-state index in [2.05, 4.69) is 5.32 Å². The van der Waals surface area contributed by atoms with Gasteiger partial charge < -0.3 is 14.6 Å². The van der Waals surface area contributed by atoms with E-state index in [1.165, 1.54) is 13.2 Å². The molecule has 2 aliphatic heterocycles. The number of fused-ring (bicyclic) bond motifs is 4. The predicted octanol–water partition coefficient (Wildman–Crippen LogP) is 2.37. The first kappa shape index (κ1) is 14.5. The molecule has 1 fully saturated rings. The van der Waals surface area contributed by atoms with Crippen LogP contribution in [0.4, 0.5) is 4.39 Å². The molecule has 2 aliphatic rings. The Labute approximate surface area is 133 Å². The zero-order valence-corrected chi connectivity index (χ0v) is 13.0. The molecular formula is C18H19FN2O2. The number of pyridine rings is 1. The highest BCUT2D eigenvalue weighted by molar-refractivity contribution is 5.64. The minimum atomic E-state index is -0.415. The van der Waals surface area contributed by atoms with Crippen LogP contribution in [0.1, 0.15) is 18.0 Å². The van der Waals surface area contributed by atoms with Crippen molar-refractivity contribution in [3.05, 3.63) is 52.2 Å². The smallest absolute Gasteiger partial charge is 0.251 e. The van der Waals surface area contributed by atoms with Crippen LogP contribution in [0.25, 0.3) is 11.1 Å². The van der Waals surface area contributed by atoms with Gasteiger partial charge in [-0.25, -0.2) is 4.39 Å². The second-order valence-electron chi connectivity index (χ2n) is 6.42. The van der Waals surface area contributed by atoms with Gasteiger partial charge >= 0.3 is 0 Å². The second-order valence-corrected chi connectivity index (χ2v) is 6.42. The van der Waals surface area contributed by atoms with Gasteiger partial charge in [0.1, 0.15) is 0 Å². The maximum absolute atomic E-state index is 14.0. The van der Waals surface area contributed by atoms with Crippen molar-refractivity contribution < 1.29 is 9.13 Å². The Hall–Kier alpha value is -2.14. The number of piperidine rings is 1. The molecule has 0 aliphatic carbocycles. The fraction of sp³-hybridized carbons (Fsp3) is 0.389. The van der Waals surface area contributed by atoms with Gasteiger partial charge in [0.15, 0.2) is 11.6 Å². The molecule has 5 heteroatoms. The summed E-state index contributed by atoms with van der Waals surface area (Å²) in [7, 11) is 1.44. The lowest BCUT2D eigenvalue weighted by Gasteiger charge is -2.37. The maximum Gasteiger partial charge on any atom is 0.251 e. The molecular weight excluding hydrogens is 295 g/mol. The third kappa shape index (κ3) is 2.45. The number of rotatable bonds is 2.